The van der Waals surface area contributed by atoms with Crippen molar-refractivity contribution in [3.8, 4) is 11.5 Å². The zero-order valence-corrected chi connectivity index (χ0v) is 13.7. The van der Waals surface area contributed by atoms with Gasteiger partial charge in [0.15, 0.2) is 0 Å². The minimum Gasteiger partial charge on any atom is -0.457 e. The summed E-state index contributed by atoms with van der Waals surface area (Å²) in [6, 6.07) is 14.4. The van der Waals surface area contributed by atoms with E-state index < -0.39 is 0 Å². The summed E-state index contributed by atoms with van der Waals surface area (Å²) in [4.78, 5) is 0. The van der Waals surface area contributed by atoms with Crippen LogP contribution in [-0.4, -0.2) is 7.05 Å². The lowest BCUT2D eigenvalue weighted by atomic mass is 10.0. The van der Waals surface area contributed by atoms with Crippen LogP contribution in [0.25, 0.3) is 0 Å². The molecule has 0 unspecified atom stereocenters. The first-order valence-corrected chi connectivity index (χ1v) is 7.60. The summed E-state index contributed by atoms with van der Waals surface area (Å²) in [6.07, 6.45) is 0. The van der Waals surface area contributed by atoms with Gasteiger partial charge < -0.3 is 10.1 Å². The third-order valence-electron chi connectivity index (χ3n) is 3.17. The minimum absolute atomic E-state index is 0.537. The van der Waals surface area contributed by atoms with Gasteiger partial charge in [-0.2, -0.15) is 0 Å². The molecule has 0 radical (unpaired) electrons. The topological polar surface area (TPSA) is 21.3 Å². The number of hydrogen-bond acceptors (Lipinski definition) is 2. The Bertz CT molecular complexity index is 564. The molecule has 2 rings (SSSR count). The van der Waals surface area contributed by atoms with Crippen molar-refractivity contribution in [3.05, 3.63) is 58.1 Å². The zero-order valence-electron chi connectivity index (χ0n) is 12.1. The van der Waals surface area contributed by atoms with E-state index in [0.717, 1.165) is 28.1 Å². The van der Waals surface area contributed by atoms with Gasteiger partial charge in [-0.15, -0.1) is 0 Å². The molecule has 0 saturated heterocycles. The van der Waals surface area contributed by atoms with Crippen molar-refractivity contribution in [3.63, 3.8) is 0 Å². The van der Waals surface area contributed by atoms with Crippen LogP contribution in [0.1, 0.15) is 30.9 Å². The normalized spacial score (nSPS) is 10.8. The first kappa shape index (κ1) is 15.1. The molecule has 0 aliphatic carbocycles. The molecule has 0 aliphatic heterocycles. The SMILES string of the molecule is CNCc1ccc(Br)cc1Oc1ccc(C(C)C)cc1. The van der Waals surface area contributed by atoms with E-state index in [1.54, 1.807) is 0 Å². The highest BCUT2D eigenvalue weighted by atomic mass is 79.9. The number of rotatable bonds is 5. The van der Waals surface area contributed by atoms with Crippen molar-refractivity contribution in [1.29, 1.82) is 0 Å². The van der Waals surface area contributed by atoms with Gasteiger partial charge in [0.25, 0.3) is 0 Å². The van der Waals surface area contributed by atoms with Crippen LogP contribution in [0.15, 0.2) is 46.9 Å². The number of nitrogens with one attached hydrogen (secondary N) is 1. The molecule has 20 heavy (non-hydrogen) atoms. The Kier molecular flexibility index (Phi) is 5.21. The van der Waals surface area contributed by atoms with E-state index in [2.05, 4.69) is 53.3 Å². The molecule has 0 fully saturated rings. The maximum absolute atomic E-state index is 6.01. The van der Waals surface area contributed by atoms with E-state index in [0.29, 0.717) is 5.92 Å². The van der Waals surface area contributed by atoms with Crippen LogP contribution in [0.3, 0.4) is 0 Å². The fourth-order valence-electron chi connectivity index (χ4n) is 2.01. The van der Waals surface area contributed by atoms with Crippen LogP contribution in [-0.2, 0) is 6.54 Å². The Morgan fingerprint density at radius 1 is 1.10 bits per heavy atom. The number of benzene rings is 2. The van der Waals surface area contributed by atoms with E-state index in [1.165, 1.54) is 5.56 Å². The quantitative estimate of drug-likeness (QED) is 0.823. The number of ether oxygens (including phenoxy) is 1. The van der Waals surface area contributed by atoms with Crippen LogP contribution in [0.5, 0.6) is 11.5 Å². The van der Waals surface area contributed by atoms with E-state index in [1.807, 2.05) is 31.3 Å². The van der Waals surface area contributed by atoms with Crippen LogP contribution >= 0.6 is 15.9 Å². The molecule has 0 aliphatic rings. The molecule has 0 atom stereocenters. The molecule has 2 nitrogen and oxygen atoms in total. The second-order valence-corrected chi connectivity index (χ2v) is 6.02. The van der Waals surface area contributed by atoms with E-state index in [-0.39, 0.29) is 0 Å². The Hall–Kier alpha value is -1.32. The van der Waals surface area contributed by atoms with Gasteiger partial charge in [0.05, 0.1) is 0 Å². The molecular weight excluding hydrogens is 314 g/mol. The van der Waals surface area contributed by atoms with Crippen LogP contribution in [0.4, 0.5) is 0 Å². The Labute approximate surface area is 129 Å². The van der Waals surface area contributed by atoms with Crippen LogP contribution in [0.2, 0.25) is 0 Å². The van der Waals surface area contributed by atoms with Crippen molar-refractivity contribution < 1.29 is 4.74 Å². The lowest BCUT2D eigenvalue weighted by Gasteiger charge is -2.12. The molecular formula is C17H20BrNO. The van der Waals surface area contributed by atoms with Gasteiger partial charge in [0, 0.05) is 16.6 Å². The largest absolute Gasteiger partial charge is 0.457 e. The predicted octanol–water partition coefficient (Wildman–Crippen LogP) is 5.08. The molecule has 1 N–H and O–H groups in total. The van der Waals surface area contributed by atoms with Crippen molar-refractivity contribution >= 4 is 15.9 Å². The molecule has 0 spiro atoms. The van der Waals surface area contributed by atoms with E-state index in [4.69, 9.17) is 4.74 Å². The van der Waals surface area contributed by atoms with Gasteiger partial charge in [-0.3, -0.25) is 0 Å². The molecule has 106 valence electrons. The molecule has 0 bridgehead atoms. The number of halogens is 1. The minimum atomic E-state index is 0.537. The summed E-state index contributed by atoms with van der Waals surface area (Å²) in [5.41, 5.74) is 2.46. The first-order chi connectivity index (χ1) is 9.60. The van der Waals surface area contributed by atoms with Gasteiger partial charge in [-0.1, -0.05) is 48.0 Å². The van der Waals surface area contributed by atoms with Gasteiger partial charge in [-0.05, 0) is 42.8 Å². The Balaban J connectivity index is 2.22. The molecule has 2 aromatic rings. The highest BCUT2D eigenvalue weighted by Gasteiger charge is 2.06. The van der Waals surface area contributed by atoms with Crippen molar-refractivity contribution in [2.45, 2.75) is 26.3 Å². The standard InChI is InChI=1S/C17H20BrNO/c1-12(2)13-5-8-16(9-6-13)20-17-10-15(18)7-4-14(17)11-19-3/h4-10,12,19H,11H2,1-3H3. The second-order valence-electron chi connectivity index (χ2n) is 5.11. The number of hydrogen-bond donors (Lipinski definition) is 1. The first-order valence-electron chi connectivity index (χ1n) is 6.81. The van der Waals surface area contributed by atoms with Gasteiger partial charge >= 0.3 is 0 Å². The van der Waals surface area contributed by atoms with Crippen molar-refractivity contribution in [2.75, 3.05) is 7.05 Å². The lowest BCUT2D eigenvalue weighted by molar-refractivity contribution is 0.473. The molecule has 0 amide bonds. The van der Waals surface area contributed by atoms with Gasteiger partial charge in [0.2, 0.25) is 0 Å². The molecule has 0 aromatic heterocycles. The summed E-state index contributed by atoms with van der Waals surface area (Å²) < 4.78 is 7.03. The summed E-state index contributed by atoms with van der Waals surface area (Å²) in [5, 5.41) is 3.16. The maximum atomic E-state index is 6.01. The molecule has 2 aromatic carbocycles. The lowest BCUT2D eigenvalue weighted by Crippen LogP contribution is -2.06. The summed E-state index contributed by atoms with van der Waals surface area (Å²) in [7, 11) is 1.93. The smallest absolute Gasteiger partial charge is 0.133 e. The van der Waals surface area contributed by atoms with Crippen molar-refractivity contribution in [2.24, 2.45) is 0 Å². The third-order valence-corrected chi connectivity index (χ3v) is 3.66. The fourth-order valence-corrected chi connectivity index (χ4v) is 2.35. The maximum Gasteiger partial charge on any atom is 0.133 e. The monoisotopic (exact) mass is 333 g/mol. The highest BCUT2D eigenvalue weighted by Crippen LogP contribution is 2.29. The molecule has 3 heteroatoms. The van der Waals surface area contributed by atoms with E-state index in [9.17, 15) is 0 Å². The zero-order chi connectivity index (χ0) is 14.5. The average Bonchev–Trinajstić information content (AvgIpc) is 2.42. The van der Waals surface area contributed by atoms with Crippen LogP contribution < -0.4 is 10.1 Å². The highest BCUT2D eigenvalue weighted by molar-refractivity contribution is 9.10. The summed E-state index contributed by atoms with van der Waals surface area (Å²) >= 11 is 3.49. The summed E-state index contributed by atoms with van der Waals surface area (Å²) in [5.74, 6) is 2.28. The third kappa shape index (κ3) is 3.84. The summed E-state index contributed by atoms with van der Waals surface area (Å²) in [6.45, 7) is 5.16. The van der Waals surface area contributed by atoms with Crippen molar-refractivity contribution in [1.82, 2.24) is 5.32 Å². The molecule has 0 saturated carbocycles. The fraction of sp³-hybridized carbons (Fsp3) is 0.294. The van der Waals surface area contributed by atoms with E-state index >= 15 is 0 Å². The average molecular weight is 334 g/mol. The predicted molar refractivity (Wildman–Crippen MR) is 87.5 cm³/mol. The van der Waals surface area contributed by atoms with Crippen LogP contribution in [0, 0.1) is 0 Å². The second kappa shape index (κ2) is 6.91. The van der Waals surface area contributed by atoms with Gasteiger partial charge in [0.1, 0.15) is 11.5 Å². The van der Waals surface area contributed by atoms with Gasteiger partial charge in [-0.25, -0.2) is 0 Å². The Morgan fingerprint density at radius 2 is 1.80 bits per heavy atom. The Morgan fingerprint density at radius 3 is 2.40 bits per heavy atom. The molecule has 0 heterocycles.